The van der Waals surface area contributed by atoms with Crippen molar-refractivity contribution in [2.24, 2.45) is 0 Å². The van der Waals surface area contributed by atoms with Crippen LogP contribution in [-0.2, 0) is 9.53 Å². The van der Waals surface area contributed by atoms with Gasteiger partial charge in [-0.05, 0) is 24.6 Å². The number of aliphatic hydroxyl groups excluding tert-OH is 1. The van der Waals surface area contributed by atoms with Crippen LogP contribution in [0.3, 0.4) is 0 Å². The third kappa shape index (κ3) is 3.87. The Balaban J connectivity index is 1.97. The summed E-state index contributed by atoms with van der Waals surface area (Å²) in [5.74, 6) is -0.0718. The molecule has 1 saturated heterocycles. The van der Waals surface area contributed by atoms with E-state index in [1.54, 1.807) is 23.4 Å². The standard InChI is InChI=1S/C14H18N2O3/c1-11-8-16(9-13(10-17)19-11)14(18)5-4-12-3-2-6-15-7-12/h2-7,11,13,17H,8-10H2,1H3/b5-4+. The van der Waals surface area contributed by atoms with Gasteiger partial charge in [0.05, 0.1) is 18.8 Å². The lowest BCUT2D eigenvalue weighted by molar-refractivity contribution is -0.142. The normalized spacial score (nSPS) is 23.8. The predicted octanol–water partition coefficient (Wildman–Crippen LogP) is 0.703. The zero-order chi connectivity index (χ0) is 13.7. The monoisotopic (exact) mass is 262 g/mol. The summed E-state index contributed by atoms with van der Waals surface area (Å²) in [7, 11) is 0. The van der Waals surface area contributed by atoms with E-state index >= 15 is 0 Å². The fraction of sp³-hybridized carbons (Fsp3) is 0.429. The molecule has 2 unspecified atom stereocenters. The summed E-state index contributed by atoms with van der Waals surface area (Å²) in [6.07, 6.45) is 6.31. The summed E-state index contributed by atoms with van der Waals surface area (Å²) >= 11 is 0. The second-order valence-corrected chi connectivity index (χ2v) is 4.61. The number of morpholine rings is 1. The highest BCUT2D eigenvalue weighted by molar-refractivity contribution is 5.91. The van der Waals surface area contributed by atoms with Gasteiger partial charge in [-0.3, -0.25) is 9.78 Å². The molecule has 0 saturated carbocycles. The summed E-state index contributed by atoms with van der Waals surface area (Å²) in [5, 5.41) is 9.13. The van der Waals surface area contributed by atoms with E-state index in [9.17, 15) is 4.79 Å². The average molecular weight is 262 g/mol. The van der Waals surface area contributed by atoms with Gasteiger partial charge >= 0.3 is 0 Å². The molecule has 19 heavy (non-hydrogen) atoms. The zero-order valence-electron chi connectivity index (χ0n) is 10.9. The summed E-state index contributed by atoms with van der Waals surface area (Å²) < 4.78 is 5.50. The van der Waals surface area contributed by atoms with Crippen LogP contribution in [0.4, 0.5) is 0 Å². The van der Waals surface area contributed by atoms with Crippen LogP contribution in [0.5, 0.6) is 0 Å². The van der Waals surface area contributed by atoms with Crippen molar-refractivity contribution in [1.29, 1.82) is 0 Å². The maximum Gasteiger partial charge on any atom is 0.246 e. The molecule has 1 aliphatic heterocycles. The quantitative estimate of drug-likeness (QED) is 0.815. The first-order valence-electron chi connectivity index (χ1n) is 6.32. The van der Waals surface area contributed by atoms with Crippen LogP contribution in [0, 0.1) is 0 Å². The Hall–Kier alpha value is -1.72. The van der Waals surface area contributed by atoms with E-state index < -0.39 is 0 Å². The van der Waals surface area contributed by atoms with Crippen molar-refractivity contribution < 1.29 is 14.6 Å². The maximum absolute atomic E-state index is 12.1. The van der Waals surface area contributed by atoms with Crippen LogP contribution in [0.1, 0.15) is 12.5 Å². The summed E-state index contributed by atoms with van der Waals surface area (Å²) in [5.41, 5.74) is 0.885. The van der Waals surface area contributed by atoms with E-state index in [4.69, 9.17) is 9.84 Å². The van der Waals surface area contributed by atoms with Gasteiger partial charge in [0.1, 0.15) is 0 Å². The minimum atomic E-state index is -0.292. The first-order valence-corrected chi connectivity index (χ1v) is 6.32. The van der Waals surface area contributed by atoms with Crippen LogP contribution in [0.25, 0.3) is 6.08 Å². The Morgan fingerprint density at radius 3 is 3.16 bits per heavy atom. The van der Waals surface area contributed by atoms with Crippen molar-refractivity contribution in [3.63, 3.8) is 0 Å². The molecule has 2 heterocycles. The fourth-order valence-electron chi connectivity index (χ4n) is 2.07. The molecule has 2 rings (SSSR count). The van der Waals surface area contributed by atoms with Crippen LogP contribution in [0.15, 0.2) is 30.6 Å². The summed E-state index contributed by atoms with van der Waals surface area (Å²) in [6, 6.07) is 3.71. The number of amides is 1. The van der Waals surface area contributed by atoms with Crippen LogP contribution in [-0.4, -0.2) is 52.8 Å². The van der Waals surface area contributed by atoms with Crippen molar-refractivity contribution in [2.45, 2.75) is 19.1 Å². The lowest BCUT2D eigenvalue weighted by Gasteiger charge is -2.35. The van der Waals surface area contributed by atoms with Crippen molar-refractivity contribution in [3.8, 4) is 0 Å². The number of nitrogens with zero attached hydrogens (tertiary/aromatic N) is 2. The van der Waals surface area contributed by atoms with E-state index in [-0.39, 0.29) is 24.7 Å². The largest absolute Gasteiger partial charge is 0.394 e. The second kappa shape index (κ2) is 6.45. The molecule has 5 nitrogen and oxygen atoms in total. The lowest BCUT2D eigenvalue weighted by atomic mass is 10.2. The van der Waals surface area contributed by atoms with E-state index in [2.05, 4.69) is 4.98 Å². The first-order chi connectivity index (χ1) is 9.19. The van der Waals surface area contributed by atoms with Crippen molar-refractivity contribution >= 4 is 12.0 Å². The predicted molar refractivity (Wildman–Crippen MR) is 71.3 cm³/mol. The van der Waals surface area contributed by atoms with Gasteiger partial charge in [-0.15, -0.1) is 0 Å². The van der Waals surface area contributed by atoms with Gasteiger partial charge in [-0.25, -0.2) is 0 Å². The van der Waals surface area contributed by atoms with Crippen LogP contribution < -0.4 is 0 Å². The van der Waals surface area contributed by atoms with Crippen LogP contribution >= 0.6 is 0 Å². The molecule has 1 amide bonds. The molecule has 5 heteroatoms. The third-order valence-corrected chi connectivity index (χ3v) is 2.94. The highest BCUT2D eigenvalue weighted by Gasteiger charge is 2.26. The molecule has 2 atom stereocenters. The number of hydrogen-bond donors (Lipinski definition) is 1. The molecule has 1 aromatic heterocycles. The number of carbonyl (C=O) groups excluding carboxylic acids is 1. The Morgan fingerprint density at radius 1 is 1.63 bits per heavy atom. The van der Waals surface area contributed by atoms with Gasteiger partial charge in [-0.1, -0.05) is 6.07 Å². The molecule has 102 valence electrons. The Bertz CT molecular complexity index is 447. The van der Waals surface area contributed by atoms with Crippen molar-refractivity contribution in [3.05, 3.63) is 36.2 Å². The third-order valence-electron chi connectivity index (χ3n) is 2.94. The number of aliphatic hydroxyl groups is 1. The lowest BCUT2D eigenvalue weighted by Crippen LogP contribution is -2.49. The van der Waals surface area contributed by atoms with Crippen LogP contribution in [0.2, 0.25) is 0 Å². The number of hydrogen-bond acceptors (Lipinski definition) is 4. The Morgan fingerprint density at radius 2 is 2.47 bits per heavy atom. The number of ether oxygens (including phenoxy) is 1. The van der Waals surface area contributed by atoms with Gasteiger partial charge in [0.15, 0.2) is 0 Å². The van der Waals surface area contributed by atoms with Crippen molar-refractivity contribution in [1.82, 2.24) is 9.88 Å². The second-order valence-electron chi connectivity index (χ2n) is 4.61. The fourth-order valence-corrected chi connectivity index (χ4v) is 2.07. The molecular formula is C14H18N2O3. The molecule has 0 aromatic carbocycles. The van der Waals surface area contributed by atoms with Gasteiger partial charge < -0.3 is 14.7 Å². The van der Waals surface area contributed by atoms with Gasteiger partial charge in [0.25, 0.3) is 0 Å². The smallest absolute Gasteiger partial charge is 0.246 e. The average Bonchev–Trinajstić information content (AvgIpc) is 2.45. The van der Waals surface area contributed by atoms with E-state index in [1.807, 2.05) is 19.1 Å². The van der Waals surface area contributed by atoms with E-state index in [0.29, 0.717) is 13.1 Å². The Labute approximate surface area is 112 Å². The maximum atomic E-state index is 12.1. The van der Waals surface area contributed by atoms with Gasteiger partial charge in [0.2, 0.25) is 5.91 Å². The first kappa shape index (κ1) is 13.7. The van der Waals surface area contributed by atoms with E-state index in [1.165, 1.54) is 6.08 Å². The van der Waals surface area contributed by atoms with Gasteiger partial charge in [0, 0.05) is 31.6 Å². The topological polar surface area (TPSA) is 62.7 Å². The molecule has 1 aromatic rings. The highest BCUT2D eigenvalue weighted by atomic mass is 16.5. The number of aromatic nitrogens is 1. The molecular weight excluding hydrogens is 244 g/mol. The Kier molecular flexibility index (Phi) is 4.65. The number of rotatable bonds is 3. The zero-order valence-corrected chi connectivity index (χ0v) is 10.9. The van der Waals surface area contributed by atoms with E-state index in [0.717, 1.165) is 5.56 Å². The highest BCUT2D eigenvalue weighted by Crippen LogP contribution is 2.11. The van der Waals surface area contributed by atoms with Gasteiger partial charge in [-0.2, -0.15) is 0 Å². The number of pyridine rings is 1. The molecule has 0 bridgehead atoms. The van der Waals surface area contributed by atoms with Crippen molar-refractivity contribution in [2.75, 3.05) is 19.7 Å². The molecule has 1 N–H and O–H groups in total. The molecule has 1 aliphatic rings. The number of carbonyl (C=O) groups is 1. The minimum absolute atomic E-state index is 0.0540. The minimum Gasteiger partial charge on any atom is -0.394 e. The SMILES string of the molecule is CC1CN(C(=O)/C=C/c2cccnc2)CC(CO)O1. The molecule has 1 fully saturated rings. The molecule has 0 spiro atoms. The molecule has 0 aliphatic carbocycles. The summed E-state index contributed by atoms with van der Waals surface area (Å²) in [4.78, 5) is 17.7. The molecule has 0 radical (unpaired) electrons. The summed E-state index contributed by atoms with van der Waals surface area (Å²) in [6.45, 7) is 2.80.